The molecule has 1 heterocycles. The highest BCUT2D eigenvalue weighted by atomic mass is 16.6. The Hall–Kier alpha value is -3.29. The minimum Gasteiger partial charge on any atom is -0.481 e. The minimum atomic E-state index is -0.813. The topological polar surface area (TPSA) is 107 Å². The van der Waals surface area contributed by atoms with Crippen molar-refractivity contribution in [3.63, 3.8) is 0 Å². The van der Waals surface area contributed by atoms with Crippen LogP contribution in [0.2, 0.25) is 0 Å². The number of nitrogens with one attached hydrogen (secondary N) is 1. The van der Waals surface area contributed by atoms with Gasteiger partial charge in [0.05, 0.1) is 16.3 Å². The fraction of sp³-hybridized carbons (Fsp3) is 0.188. The summed E-state index contributed by atoms with van der Waals surface area (Å²) in [6, 6.07) is 10.9. The third-order valence-corrected chi connectivity index (χ3v) is 3.10. The summed E-state index contributed by atoms with van der Waals surface area (Å²) in [6.07, 6.45) is 0.822. The molecule has 1 unspecified atom stereocenters. The molecule has 0 radical (unpaired) electrons. The van der Waals surface area contributed by atoms with Gasteiger partial charge >= 0.3 is 0 Å². The number of hydrazone groups is 1. The van der Waals surface area contributed by atoms with E-state index >= 15 is 0 Å². The average molecular weight is 328 g/mol. The zero-order chi connectivity index (χ0) is 17.5. The van der Waals surface area contributed by atoms with Crippen LogP contribution in [-0.2, 0) is 4.79 Å². The number of aromatic nitrogens is 1. The lowest BCUT2D eigenvalue weighted by Gasteiger charge is -2.13. The lowest BCUT2D eigenvalue weighted by Crippen LogP contribution is -2.34. The molecule has 1 aromatic carbocycles. The number of hydrogen-bond acceptors (Lipinski definition) is 6. The molecule has 1 N–H and O–H groups in total. The van der Waals surface area contributed by atoms with Crippen LogP contribution in [-0.4, -0.2) is 27.6 Å². The number of nitrogens with zero attached hydrogens (tertiary/aromatic N) is 3. The Labute approximate surface area is 138 Å². The van der Waals surface area contributed by atoms with Crippen LogP contribution in [0, 0.1) is 10.1 Å². The number of ether oxygens (including phenoxy) is 1. The highest BCUT2D eigenvalue weighted by molar-refractivity contribution is 5.97. The van der Waals surface area contributed by atoms with Crippen LogP contribution in [0.15, 0.2) is 53.8 Å². The molecule has 1 amide bonds. The van der Waals surface area contributed by atoms with Gasteiger partial charge in [-0.3, -0.25) is 19.9 Å². The molecule has 2 aromatic rings. The van der Waals surface area contributed by atoms with Gasteiger partial charge in [0.1, 0.15) is 5.75 Å². The molecule has 0 aliphatic carbocycles. The Kier molecular flexibility index (Phi) is 5.56. The van der Waals surface area contributed by atoms with Gasteiger partial charge in [-0.25, -0.2) is 5.43 Å². The first-order chi connectivity index (χ1) is 11.5. The summed E-state index contributed by atoms with van der Waals surface area (Å²) in [6.45, 7) is 3.28. The Morgan fingerprint density at radius 3 is 2.58 bits per heavy atom. The van der Waals surface area contributed by atoms with Crippen molar-refractivity contribution < 1.29 is 14.5 Å². The molecule has 1 atom stereocenters. The summed E-state index contributed by atoms with van der Waals surface area (Å²) in [5.41, 5.74) is 3.58. The normalized spacial score (nSPS) is 12.3. The minimum absolute atomic E-state index is 0.0463. The van der Waals surface area contributed by atoms with Crippen LogP contribution in [0.4, 0.5) is 5.69 Å². The molecular formula is C16H16N4O4. The number of hydrogen-bond donors (Lipinski definition) is 1. The second kappa shape index (κ2) is 7.82. The van der Waals surface area contributed by atoms with Gasteiger partial charge in [-0.05, 0) is 38.1 Å². The predicted molar refractivity (Wildman–Crippen MR) is 87.8 cm³/mol. The maximum atomic E-state index is 12.0. The van der Waals surface area contributed by atoms with Crippen molar-refractivity contribution in [2.24, 2.45) is 5.10 Å². The van der Waals surface area contributed by atoms with E-state index in [0.29, 0.717) is 17.2 Å². The van der Waals surface area contributed by atoms with Crippen LogP contribution in [0.3, 0.4) is 0 Å². The number of carbonyl (C=O) groups excluding carboxylic acids is 1. The molecule has 124 valence electrons. The lowest BCUT2D eigenvalue weighted by molar-refractivity contribution is -0.384. The highest BCUT2D eigenvalue weighted by Crippen LogP contribution is 2.18. The monoisotopic (exact) mass is 328 g/mol. The van der Waals surface area contributed by atoms with Gasteiger partial charge in [-0.1, -0.05) is 6.07 Å². The van der Waals surface area contributed by atoms with E-state index in [0.717, 1.165) is 0 Å². The SMILES string of the molecule is C/C(=N/NC(=O)C(C)Oc1ccc([N+](=O)[O-])cc1)c1ccccn1. The zero-order valence-corrected chi connectivity index (χ0v) is 13.2. The second-order valence-corrected chi connectivity index (χ2v) is 4.90. The van der Waals surface area contributed by atoms with Crippen LogP contribution < -0.4 is 10.2 Å². The number of non-ortho nitro benzene ring substituents is 1. The molecular weight excluding hydrogens is 312 g/mol. The molecule has 0 spiro atoms. The molecule has 8 nitrogen and oxygen atoms in total. The van der Waals surface area contributed by atoms with Crippen LogP contribution in [0.5, 0.6) is 5.75 Å². The van der Waals surface area contributed by atoms with Crippen molar-refractivity contribution in [2.75, 3.05) is 0 Å². The van der Waals surface area contributed by atoms with Gasteiger partial charge in [0.15, 0.2) is 6.10 Å². The van der Waals surface area contributed by atoms with Gasteiger partial charge in [-0.15, -0.1) is 0 Å². The molecule has 0 aliphatic rings. The van der Waals surface area contributed by atoms with Gasteiger partial charge in [0.2, 0.25) is 0 Å². The molecule has 0 saturated heterocycles. The first-order valence-electron chi connectivity index (χ1n) is 7.14. The van der Waals surface area contributed by atoms with E-state index in [2.05, 4.69) is 15.5 Å². The van der Waals surface area contributed by atoms with Gasteiger partial charge in [-0.2, -0.15) is 5.10 Å². The fourth-order valence-electron chi connectivity index (χ4n) is 1.77. The number of nitro benzene ring substituents is 1. The third kappa shape index (κ3) is 4.60. The Bertz CT molecular complexity index is 744. The number of amides is 1. The van der Waals surface area contributed by atoms with E-state index in [4.69, 9.17) is 4.74 Å². The first kappa shape index (κ1) is 17.1. The molecule has 2 rings (SSSR count). The maximum Gasteiger partial charge on any atom is 0.280 e. The van der Waals surface area contributed by atoms with Crippen molar-refractivity contribution in [1.82, 2.24) is 10.4 Å². The van der Waals surface area contributed by atoms with Gasteiger partial charge in [0, 0.05) is 18.3 Å². The lowest BCUT2D eigenvalue weighted by atomic mass is 10.3. The molecule has 24 heavy (non-hydrogen) atoms. The molecule has 0 fully saturated rings. The van der Waals surface area contributed by atoms with E-state index in [-0.39, 0.29) is 5.69 Å². The van der Waals surface area contributed by atoms with E-state index in [1.165, 1.54) is 24.3 Å². The number of carbonyl (C=O) groups is 1. The Morgan fingerprint density at radius 2 is 2.00 bits per heavy atom. The molecule has 0 bridgehead atoms. The summed E-state index contributed by atoms with van der Waals surface area (Å²) in [5.74, 6) is -0.0858. The highest BCUT2D eigenvalue weighted by Gasteiger charge is 2.15. The summed E-state index contributed by atoms with van der Waals surface area (Å²) >= 11 is 0. The number of rotatable bonds is 6. The van der Waals surface area contributed by atoms with E-state index < -0.39 is 16.9 Å². The van der Waals surface area contributed by atoms with Crippen molar-refractivity contribution in [1.29, 1.82) is 0 Å². The van der Waals surface area contributed by atoms with E-state index in [9.17, 15) is 14.9 Å². The van der Waals surface area contributed by atoms with Crippen molar-refractivity contribution in [2.45, 2.75) is 20.0 Å². The largest absolute Gasteiger partial charge is 0.481 e. The maximum absolute atomic E-state index is 12.0. The number of nitro groups is 1. The fourth-order valence-corrected chi connectivity index (χ4v) is 1.77. The smallest absolute Gasteiger partial charge is 0.280 e. The summed E-state index contributed by atoms with van der Waals surface area (Å²) in [5, 5.41) is 14.6. The quantitative estimate of drug-likeness (QED) is 0.497. The average Bonchev–Trinajstić information content (AvgIpc) is 2.60. The molecule has 8 heteroatoms. The second-order valence-electron chi connectivity index (χ2n) is 4.90. The summed E-state index contributed by atoms with van der Waals surface area (Å²) in [7, 11) is 0. The van der Waals surface area contributed by atoms with Gasteiger partial charge in [0.25, 0.3) is 11.6 Å². The zero-order valence-electron chi connectivity index (χ0n) is 13.2. The van der Waals surface area contributed by atoms with Crippen LogP contribution >= 0.6 is 0 Å². The predicted octanol–water partition coefficient (Wildman–Crippen LogP) is 2.30. The number of benzene rings is 1. The van der Waals surface area contributed by atoms with Crippen molar-refractivity contribution >= 4 is 17.3 Å². The van der Waals surface area contributed by atoms with Crippen LogP contribution in [0.1, 0.15) is 19.5 Å². The number of pyridine rings is 1. The van der Waals surface area contributed by atoms with E-state index in [1.54, 1.807) is 32.2 Å². The Balaban J connectivity index is 1.93. The Morgan fingerprint density at radius 1 is 1.29 bits per heavy atom. The molecule has 0 aliphatic heterocycles. The van der Waals surface area contributed by atoms with Crippen LogP contribution in [0.25, 0.3) is 0 Å². The van der Waals surface area contributed by atoms with Gasteiger partial charge < -0.3 is 4.74 Å². The van der Waals surface area contributed by atoms with Crippen molar-refractivity contribution in [3.05, 3.63) is 64.5 Å². The van der Waals surface area contributed by atoms with E-state index in [1.807, 2.05) is 6.07 Å². The third-order valence-electron chi connectivity index (χ3n) is 3.10. The summed E-state index contributed by atoms with van der Waals surface area (Å²) < 4.78 is 5.43. The molecule has 0 saturated carbocycles. The standard InChI is InChI=1S/C16H16N4O4/c1-11(15-5-3-4-10-17-15)18-19-16(21)12(2)24-14-8-6-13(7-9-14)20(22)23/h3-10,12H,1-2H3,(H,19,21)/b18-11-. The van der Waals surface area contributed by atoms with Crippen molar-refractivity contribution in [3.8, 4) is 5.75 Å². The molecule has 1 aromatic heterocycles. The summed E-state index contributed by atoms with van der Waals surface area (Å²) in [4.78, 5) is 26.2. The first-order valence-corrected chi connectivity index (χ1v) is 7.14.